The van der Waals surface area contributed by atoms with E-state index in [0.29, 0.717) is 11.8 Å². The lowest BCUT2D eigenvalue weighted by atomic mass is 9.74. The highest BCUT2D eigenvalue weighted by Gasteiger charge is 2.29. The van der Waals surface area contributed by atoms with Crippen molar-refractivity contribution >= 4 is 5.57 Å². The van der Waals surface area contributed by atoms with Crippen LogP contribution in [0, 0.1) is 11.8 Å². The number of allylic oxidation sites excluding steroid dienone is 3. The molecule has 0 N–H and O–H groups in total. The Bertz CT molecular complexity index is 498. The Balaban J connectivity index is 1.89. The first-order valence-corrected chi connectivity index (χ1v) is 6.82. The van der Waals surface area contributed by atoms with Crippen LogP contribution in [0.3, 0.4) is 0 Å². The molecule has 1 nitrogen and oxygen atoms in total. The zero-order chi connectivity index (χ0) is 12.5. The van der Waals surface area contributed by atoms with E-state index in [4.69, 9.17) is 4.74 Å². The Morgan fingerprint density at radius 3 is 2.89 bits per heavy atom. The summed E-state index contributed by atoms with van der Waals surface area (Å²) in [4.78, 5) is 0. The van der Waals surface area contributed by atoms with Crippen LogP contribution in [0.15, 0.2) is 36.9 Å². The van der Waals surface area contributed by atoms with Crippen LogP contribution in [0.25, 0.3) is 5.57 Å². The summed E-state index contributed by atoms with van der Waals surface area (Å²) < 4.78 is 5.30. The monoisotopic (exact) mass is 240 g/mol. The third kappa shape index (κ3) is 1.88. The first-order valence-electron chi connectivity index (χ1n) is 6.82. The van der Waals surface area contributed by atoms with Crippen molar-refractivity contribution in [3.05, 3.63) is 48.1 Å². The summed E-state index contributed by atoms with van der Waals surface area (Å²) in [6, 6.07) is 6.40. The molecule has 0 unspecified atom stereocenters. The lowest BCUT2D eigenvalue weighted by Gasteiger charge is -2.31. The molecule has 2 aliphatic rings. The van der Waals surface area contributed by atoms with Gasteiger partial charge in [-0.05, 0) is 66.4 Å². The molecule has 0 bridgehead atoms. The molecule has 0 fully saturated rings. The first kappa shape index (κ1) is 11.6. The number of hydrogen-bond acceptors (Lipinski definition) is 1. The normalized spacial score (nSPS) is 26.2. The molecule has 2 atom stereocenters. The molecule has 0 amide bonds. The van der Waals surface area contributed by atoms with Crippen LogP contribution in [-0.4, -0.2) is 7.11 Å². The summed E-state index contributed by atoms with van der Waals surface area (Å²) in [6.07, 6.45) is 9.64. The predicted octanol–water partition coefficient (Wildman–Crippen LogP) is 4.24. The van der Waals surface area contributed by atoms with Crippen molar-refractivity contribution in [2.45, 2.75) is 25.7 Å². The largest absolute Gasteiger partial charge is 0.497 e. The summed E-state index contributed by atoms with van der Waals surface area (Å²) in [5.74, 6) is 2.32. The maximum atomic E-state index is 5.30. The zero-order valence-corrected chi connectivity index (χ0v) is 11.0. The first-order chi connectivity index (χ1) is 8.79. The van der Waals surface area contributed by atoms with Gasteiger partial charge in [0.1, 0.15) is 5.75 Å². The second kappa shape index (κ2) is 4.64. The fourth-order valence-corrected chi connectivity index (χ4v) is 3.37. The quantitative estimate of drug-likeness (QED) is 0.703. The molecule has 1 heteroatoms. The van der Waals surface area contributed by atoms with Gasteiger partial charge in [0, 0.05) is 0 Å². The molecule has 94 valence electrons. The molecule has 18 heavy (non-hydrogen) atoms. The van der Waals surface area contributed by atoms with Crippen molar-refractivity contribution < 1.29 is 4.74 Å². The van der Waals surface area contributed by atoms with E-state index in [1.165, 1.54) is 36.0 Å². The second-order valence-electron chi connectivity index (χ2n) is 5.36. The number of rotatable bonds is 2. The summed E-state index contributed by atoms with van der Waals surface area (Å²) in [5.41, 5.74) is 4.08. The van der Waals surface area contributed by atoms with Crippen molar-refractivity contribution in [2.24, 2.45) is 11.8 Å². The van der Waals surface area contributed by atoms with Gasteiger partial charge >= 0.3 is 0 Å². The van der Waals surface area contributed by atoms with Gasteiger partial charge < -0.3 is 4.74 Å². The summed E-state index contributed by atoms with van der Waals surface area (Å²) in [6.45, 7) is 4.36. The Morgan fingerprint density at radius 1 is 1.28 bits per heavy atom. The van der Waals surface area contributed by atoms with Gasteiger partial charge in [-0.1, -0.05) is 24.8 Å². The molecule has 0 saturated carbocycles. The zero-order valence-electron chi connectivity index (χ0n) is 11.0. The highest BCUT2D eigenvalue weighted by molar-refractivity contribution is 5.71. The Morgan fingerprint density at radius 2 is 2.17 bits per heavy atom. The van der Waals surface area contributed by atoms with Crippen LogP contribution in [0.4, 0.5) is 0 Å². The SMILES string of the molecule is C=C1c2ccc(OC)cc2CC[C@H]1[C@@H]1C=CCC1. The van der Waals surface area contributed by atoms with Gasteiger partial charge in [-0.15, -0.1) is 0 Å². The molecule has 2 aliphatic carbocycles. The van der Waals surface area contributed by atoms with E-state index in [2.05, 4.69) is 36.9 Å². The Labute approximate surface area is 109 Å². The van der Waals surface area contributed by atoms with E-state index < -0.39 is 0 Å². The molecular weight excluding hydrogens is 220 g/mol. The van der Waals surface area contributed by atoms with Gasteiger partial charge in [-0.25, -0.2) is 0 Å². The average Bonchev–Trinajstić information content (AvgIpc) is 2.92. The third-order valence-corrected chi connectivity index (χ3v) is 4.40. The predicted molar refractivity (Wildman–Crippen MR) is 75.7 cm³/mol. The molecule has 3 rings (SSSR count). The van der Waals surface area contributed by atoms with Gasteiger partial charge in [0.2, 0.25) is 0 Å². The molecule has 0 spiro atoms. The van der Waals surface area contributed by atoms with Crippen molar-refractivity contribution in [3.8, 4) is 5.75 Å². The van der Waals surface area contributed by atoms with Crippen LogP contribution < -0.4 is 4.74 Å². The lowest BCUT2D eigenvalue weighted by molar-refractivity contribution is 0.412. The van der Waals surface area contributed by atoms with Gasteiger partial charge in [0.05, 0.1) is 7.11 Å². The van der Waals surface area contributed by atoms with Crippen molar-refractivity contribution in [2.75, 3.05) is 7.11 Å². The number of benzene rings is 1. The van der Waals surface area contributed by atoms with Crippen molar-refractivity contribution in [1.29, 1.82) is 0 Å². The molecule has 0 heterocycles. The highest BCUT2D eigenvalue weighted by Crippen LogP contribution is 2.42. The van der Waals surface area contributed by atoms with E-state index in [1.807, 2.05) is 0 Å². The van der Waals surface area contributed by atoms with Crippen molar-refractivity contribution in [3.63, 3.8) is 0 Å². The lowest BCUT2D eigenvalue weighted by Crippen LogP contribution is -2.19. The maximum absolute atomic E-state index is 5.30. The molecule has 0 aliphatic heterocycles. The summed E-state index contributed by atoms with van der Waals surface area (Å²) >= 11 is 0. The highest BCUT2D eigenvalue weighted by atomic mass is 16.5. The van der Waals surface area contributed by atoms with Crippen molar-refractivity contribution in [1.82, 2.24) is 0 Å². The molecule has 1 aromatic carbocycles. The minimum Gasteiger partial charge on any atom is -0.497 e. The van der Waals surface area contributed by atoms with Crippen LogP contribution in [0.1, 0.15) is 30.4 Å². The van der Waals surface area contributed by atoms with E-state index in [1.54, 1.807) is 7.11 Å². The topological polar surface area (TPSA) is 9.23 Å². The average molecular weight is 240 g/mol. The molecule has 0 saturated heterocycles. The second-order valence-corrected chi connectivity index (χ2v) is 5.36. The fourth-order valence-electron chi connectivity index (χ4n) is 3.37. The minimum absolute atomic E-state index is 0.643. The van der Waals surface area contributed by atoms with Crippen LogP contribution in [-0.2, 0) is 6.42 Å². The smallest absolute Gasteiger partial charge is 0.119 e. The molecule has 0 aromatic heterocycles. The molecule has 0 radical (unpaired) electrons. The van der Waals surface area contributed by atoms with E-state index in [-0.39, 0.29) is 0 Å². The number of ether oxygens (including phenoxy) is 1. The standard InChI is InChI=1S/C17H20O/c1-12-16(13-5-3-4-6-13)9-7-14-11-15(18-2)8-10-17(12)14/h3,5,8,10-11,13,16H,1,4,6-7,9H2,2H3/t13-,16-/m1/s1. The number of hydrogen-bond donors (Lipinski definition) is 0. The summed E-state index contributed by atoms with van der Waals surface area (Å²) in [5, 5.41) is 0. The van der Waals surface area contributed by atoms with Gasteiger partial charge in [-0.2, -0.15) is 0 Å². The van der Waals surface area contributed by atoms with Crippen LogP contribution in [0.2, 0.25) is 0 Å². The molecule has 1 aromatic rings. The van der Waals surface area contributed by atoms with Crippen LogP contribution >= 0.6 is 0 Å². The number of methoxy groups -OCH3 is 1. The Kier molecular flexibility index (Phi) is 2.99. The minimum atomic E-state index is 0.643. The maximum Gasteiger partial charge on any atom is 0.119 e. The van der Waals surface area contributed by atoms with E-state index >= 15 is 0 Å². The number of aryl methyl sites for hydroxylation is 1. The summed E-state index contributed by atoms with van der Waals surface area (Å²) in [7, 11) is 1.73. The van der Waals surface area contributed by atoms with E-state index in [9.17, 15) is 0 Å². The van der Waals surface area contributed by atoms with Gasteiger partial charge in [0.15, 0.2) is 0 Å². The van der Waals surface area contributed by atoms with Gasteiger partial charge in [-0.3, -0.25) is 0 Å². The number of fused-ring (bicyclic) bond motifs is 1. The third-order valence-electron chi connectivity index (χ3n) is 4.40. The van der Waals surface area contributed by atoms with E-state index in [0.717, 1.165) is 12.2 Å². The molecular formula is C17H20O. The Hall–Kier alpha value is -1.50. The van der Waals surface area contributed by atoms with Crippen LogP contribution in [0.5, 0.6) is 5.75 Å². The van der Waals surface area contributed by atoms with Gasteiger partial charge in [0.25, 0.3) is 0 Å². The fraction of sp³-hybridized carbons (Fsp3) is 0.412.